The Bertz CT molecular complexity index is 379. The largest absolute Gasteiger partial charge is 0.370 e. The van der Waals surface area contributed by atoms with Gasteiger partial charge in [0.15, 0.2) is 5.78 Å². The van der Waals surface area contributed by atoms with Gasteiger partial charge in [0.25, 0.3) is 0 Å². The van der Waals surface area contributed by atoms with Gasteiger partial charge in [0, 0.05) is 6.92 Å². The Kier molecular flexibility index (Phi) is 6.74. The fourth-order valence-electron chi connectivity index (χ4n) is 1.51. The van der Waals surface area contributed by atoms with Crippen molar-refractivity contribution >= 4 is 23.5 Å². The number of hydrogen-bond donors (Lipinski definition) is 3. The molecule has 0 heterocycles. The first kappa shape index (κ1) is 17.1. The van der Waals surface area contributed by atoms with E-state index in [1.165, 1.54) is 13.8 Å². The molecule has 0 rings (SSSR count). The Morgan fingerprint density at radius 2 is 1.58 bits per heavy atom. The number of carbonyl (C=O) groups excluding carboxylic acids is 4. The van der Waals surface area contributed by atoms with Crippen LogP contribution in [-0.4, -0.2) is 35.6 Å². The van der Waals surface area contributed by atoms with Gasteiger partial charge in [-0.15, -0.1) is 0 Å². The molecule has 7 nitrogen and oxygen atoms in total. The van der Waals surface area contributed by atoms with Gasteiger partial charge in [-0.25, -0.2) is 0 Å². The van der Waals surface area contributed by atoms with Crippen molar-refractivity contribution in [3.63, 3.8) is 0 Å². The maximum Gasteiger partial charge on any atom is 0.243 e. The van der Waals surface area contributed by atoms with Crippen LogP contribution in [0.1, 0.15) is 34.1 Å². The zero-order valence-electron chi connectivity index (χ0n) is 11.6. The molecule has 0 aromatic heterocycles. The topological polar surface area (TPSA) is 118 Å². The number of primary amides is 1. The third kappa shape index (κ3) is 6.54. The van der Waals surface area contributed by atoms with Gasteiger partial charge in [-0.3, -0.25) is 19.2 Å². The minimum Gasteiger partial charge on any atom is -0.370 e. The lowest BCUT2D eigenvalue weighted by molar-refractivity contribution is -0.132. The molecule has 4 N–H and O–H groups in total. The van der Waals surface area contributed by atoms with Crippen molar-refractivity contribution in [2.24, 2.45) is 11.7 Å². The summed E-state index contributed by atoms with van der Waals surface area (Å²) in [5.41, 5.74) is 5.01. The first-order valence-corrected chi connectivity index (χ1v) is 6.01. The summed E-state index contributed by atoms with van der Waals surface area (Å²) in [4.78, 5) is 45.2. The van der Waals surface area contributed by atoms with Crippen molar-refractivity contribution in [1.82, 2.24) is 10.6 Å². The number of amides is 3. The molecule has 3 amide bonds. The maximum absolute atomic E-state index is 12.0. The van der Waals surface area contributed by atoms with E-state index in [9.17, 15) is 19.2 Å². The van der Waals surface area contributed by atoms with Crippen LogP contribution in [0.3, 0.4) is 0 Å². The molecule has 0 saturated carbocycles. The molecule has 0 radical (unpaired) electrons. The summed E-state index contributed by atoms with van der Waals surface area (Å²) in [6.07, 6.45) is -0.258. The predicted molar refractivity (Wildman–Crippen MR) is 68.9 cm³/mol. The minimum atomic E-state index is -0.958. The number of Topliss-reactive ketones (excluding diaryl/α,β-unsaturated/α-hetero) is 1. The van der Waals surface area contributed by atoms with E-state index in [4.69, 9.17) is 5.73 Å². The first-order valence-electron chi connectivity index (χ1n) is 6.01. The van der Waals surface area contributed by atoms with E-state index in [1.54, 1.807) is 13.8 Å². The molecular weight excluding hydrogens is 250 g/mol. The first-order chi connectivity index (χ1) is 8.65. The Balaban J connectivity index is 4.80. The van der Waals surface area contributed by atoms with Gasteiger partial charge in [0.1, 0.15) is 6.04 Å². The summed E-state index contributed by atoms with van der Waals surface area (Å²) in [6, 6.07) is -1.72. The lowest BCUT2D eigenvalue weighted by atomic mass is 10.0. The molecule has 7 heteroatoms. The van der Waals surface area contributed by atoms with Crippen LogP contribution in [0.15, 0.2) is 0 Å². The van der Waals surface area contributed by atoms with E-state index in [0.717, 1.165) is 0 Å². The van der Waals surface area contributed by atoms with Crippen LogP contribution in [0.4, 0.5) is 0 Å². The average Bonchev–Trinajstić information content (AvgIpc) is 2.23. The average molecular weight is 271 g/mol. The number of rotatable bonds is 7. The van der Waals surface area contributed by atoms with Crippen LogP contribution in [-0.2, 0) is 19.2 Å². The van der Waals surface area contributed by atoms with Gasteiger partial charge >= 0.3 is 0 Å². The lowest BCUT2D eigenvalue weighted by Crippen LogP contribution is -2.53. The Labute approximate surface area is 112 Å². The molecule has 0 aliphatic rings. The van der Waals surface area contributed by atoms with E-state index < -0.39 is 23.9 Å². The molecule has 0 unspecified atom stereocenters. The zero-order chi connectivity index (χ0) is 15.2. The smallest absolute Gasteiger partial charge is 0.243 e. The molecule has 0 aromatic rings. The second-order valence-corrected chi connectivity index (χ2v) is 4.76. The Morgan fingerprint density at radius 1 is 1.05 bits per heavy atom. The summed E-state index contributed by atoms with van der Waals surface area (Å²) in [5, 5.41) is 4.93. The minimum absolute atomic E-state index is 0.148. The molecule has 0 saturated heterocycles. The van der Waals surface area contributed by atoms with E-state index in [1.807, 2.05) is 0 Å². The van der Waals surface area contributed by atoms with Crippen molar-refractivity contribution in [3.05, 3.63) is 0 Å². The standard InChI is InChI=1S/C12H21N3O4/c1-6(2)11(14-8(4)17)12(19)15-9(7(3)16)5-10(13)18/h6,9,11H,5H2,1-4H3,(H2,13,18)(H,14,17)(H,15,19)/t9-,11-/m0/s1. The molecule has 0 aliphatic heterocycles. The third-order valence-electron chi connectivity index (χ3n) is 2.52. The highest BCUT2D eigenvalue weighted by Crippen LogP contribution is 2.03. The molecule has 0 fully saturated rings. The number of nitrogens with one attached hydrogen (secondary N) is 2. The summed E-state index contributed by atoms with van der Waals surface area (Å²) in [7, 11) is 0. The number of hydrogen-bond acceptors (Lipinski definition) is 4. The normalized spacial score (nSPS) is 13.5. The molecular formula is C12H21N3O4. The summed E-state index contributed by atoms with van der Waals surface area (Å²) in [6.45, 7) is 6.08. The third-order valence-corrected chi connectivity index (χ3v) is 2.52. The summed E-state index contributed by atoms with van der Waals surface area (Å²) in [5.74, 6) is -2.04. The van der Waals surface area contributed by atoms with Gasteiger partial charge in [-0.05, 0) is 12.8 Å². The Morgan fingerprint density at radius 3 is 1.89 bits per heavy atom. The zero-order valence-corrected chi connectivity index (χ0v) is 11.6. The van der Waals surface area contributed by atoms with Crippen LogP contribution in [0.5, 0.6) is 0 Å². The van der Waals surface area contributed by atoms with Crippen LogP contribution < -0.4 is 16.4 Å². The number of carbonyl (C=O) groups is 4. The maximum atomic E-state index is 12.0. The van der Waals surface area contributed by atoms with E-state index in [2.05, 4.69) is 10.6 Å². The quantitative estimate of drug-likeness (QED) is 0.555. The molecule has 0 aromatic carbocycles. The fourth-order valence-corrected chi connectivity index (χ4v) is 1.51. The van der Waals surface area contributed by atoms with E-state index in [0.29, 0.717) is 0 Å². The van der Waals surface area contributed by atoms with Crippen LogP contribution >= 0.6 is 0 Å². The predicted octanol–water partition coefficient (Wildman–Crippen LogP) is -0.904. The van der Waals surface area contributed by atoms with E-state index in [-0.39, 0.29) is 24.0 Å². The number of nitrogens with two attached hydrogens (primary N) is 1. The van der Waals surface area contributed by atoms with Crippen molar-refractivity contribution in [2.45, 2.75) is 46.2 Å². The van der Waals surface area contributed by atoms with Gasteiger partial charge in [0.05, 0.1) is 12.5 Å². The lowest BCUT2D eigenvalue weighted by Gasteiger charge is -2.23. The molecule has 108 valence electrons. The SMILES string of the molecule is CC(=O)N[C@H](C(=O)N[C@@H](CC(N)=O)C(C)=O)C(C)C. The van der Waals surface area contributed by atoms with Crippen LogP contribution in [0.2, 0.25) is 0 Å². The van der Waals surface area contributed by atoms with Crippen molar-refractivity contribution in [3.8, 4) is 0 Å². The van der Waals surface area contributed by atoms with Crippen molar-refractivity contribution in [2.75, 3.05) is 0 Å². The van der Waals surface area contributed by atoms with E-state index >= 15 is 0 Å². The second-order valence-electron chi connectivity index (χ2n) is 4.76. The summed E-state index contributed by atoms with van der Waals surface area (Å²) < 4.78 is 0. The van der Waals surface area contributed by atoms with Gasteiger partial charge < -0.3 is 16.4 Å². The molecule has 2 atom stereocenters. The highest BCUT2D eigenvalue weighted by Gasteiger charge is 2.27. The Hall–Kier alpha value is -1.92. The summed E-state index contributed by atoms with van der Waals surface area (Å²) >= 11 is 0. The fraction of sp³-hybridized carbons (Fsp3) is 0.667. The molecule has 0 bridgehead atoms. The van der Waals surface area contributed by atoms with Crippen LogP contribution in [0, 0.1) is 5.92 Å². The van der Waals surface area contributed by atoms with Crippen LogP contribution in [0.25, 0.3) is 0 Å². The molecule has 0 aliphatic carbocycles. The van der Waals surface area contributed by atoms with Gasteiger partial charge in [0.2, 0.25) is 17.7 Å². The molecule has 0 spiro atoms. The van der Waals surface area contributed by atoms with Gasteiger partial charge in [-0.2, -0.15) is 0 Å². The monoisotopic (exact) mass is 271 g/mol. The molecule has 19 heavy (non-hydrogen) atoms. The van der Waals surface area contributed by atoms with Gasteiger partial charge in [-0.1, -0.05) is 13.8 Å². The van der Waals surface area contributed by atoms with Crippen molar-refractivity contribution in [1.29, 1.82) is 0 Å². The highest BCUT2D eigenvalue weighted by atomic mass is 16.2. The second kappa shape index (κ2) is 7.50. The number of ketones is 1. The van der Waals surface area contributed by atoms with Crippen molar-refractivity contribution < 1.29 is 19.2 Å². The highest BCUT2D eigenvalue weighted by molar-refractivity contribution is 5.94.